The first kappa shape index (κ1) is 20.3. The minimum Gasteiger partial charge on any atom is -0.382 e. The van der Waals surface area contributed by atoms with Crippen molar-refractivity contribution in [3.8, 4) is 11.3 Å². The SMILES string of the molecule is CN1CCCC(=O)N(C)c2cccc(c2)-c2cnc(N)c(n2)C(=O)Nc2cnccc21. The summed E-state index contributed by atoms with van der Waals surface area (Å²) in [7, 11) is 3.66. The van der Waals surface area contributed by atoms with Gasteiger partial charge in [0.1, 0.15) is 0 Å². The van der Waals surface area contributed by atoms with Crippen molar-refractivity contribution in [3.63, 3.8) is 0 Å². The van der Waals surface area contributed by atoms with Crippen molar-refractivity contribution in [1.82, 2.24) is 15.0 Å². The second kappa shape index (κ2) is 8.39. The molecule has 2 aromatic heterocycles. The van der Waals surface area contributed by atoms with E-state index in [1.807, 2.05) is 42.3 Å². The molecule has 0 saturated heterocycles. The fourth-order valence-corrected chi connectivity index (χ4v) is 3.48. The van der Waals surface area contributed by atoms with Gasteiger partial charge in [-0.25, -0.2) is 9.97 Å². The summed E-state index contributed by atoms with van der Waals surface area (Å²) in [6, 6.07) is 9.20. The van der Waals surface area contributed by atoms with Crippen molar-refractivity contribution < 1.29 is 9.59 Å². The number of pyridine rings is 1. The summed E-state index contributed by atoms with van der Waals surface area (Å²) in [4.78, 5) is 42.1. The van der Waals surface area contributed by atoms with Gasteiger partial charge in [-0.15, -0.1) is 0 Å². The molecular weight excluding hydrogens is 394 g/mol. The van der Waals surface area contributed by atoms with Crippen molar-refractivity contribution in [2.45, 2.75) is 12.8 Å². The first-order chi connectivity index (χ1) is 14.9. The van der Waals surface area contributed by atoms with Crippen LogP contribution in [0, 0.1) is 0 Å². The van der Waals surface area contributed by atoms with Gasteiger partial charge in [0.25, 0.3) is 5.91 Å². The molecule has 0 spiro atoms. The topological polar surface area (TPSA) is 117 Å². The van der Waals surface area contributed by atoms with Crippen LogP contribution in [0.5, 0.6) is 0 Å². The van der Waals surface area contributed by atoms with Crippen molar-refractivity contribution in [2.75, 3.05) is 41.5 Å². The molecule has 0 fully saturated rings. The highest BCUT2D eigenvalue weighted by atomic mass is 16.2. The second-order valence-corrected chi connectivity index (χ2v) is 7.36. The van der Waals surface area contributed by atoms with E-state index < -0.39 is 5.91 Å². The van der Waals surface area contributed by atoms with E-state index in [-0.39, 0.29) is 17.4 Å². The Bertz CT molecular complexity index is 1150. The predicted octanol–water partition coefficient (Wildman–Crippen LogP) is 2.57. The molecule has 0 atom stereocenters. The molecule has 9 nitrogen and oxygen atoms in total. The number of hydrogen-bond donors (Lipinski definition) is 2. The number of carbonyl (C=O) groups is 2. The van der Waals surface area contributed by atoms with Gasteiger partial charge in [-0.05, 0) is 24.6 Å². The van der Waals surface area contributed by atoms with Gasteiger partial charge >= 0.3 is 0 Å². The Kier molecular flexibility index (Phi) is 5.48. The second-order valence-electron chi connectivity index (χ2n) is 7.36. The number of carbonyl (C=O) groups excluding carboxylic acids is 2. The lowest BCUT2D eigenvalue weighted by Crippen LogP contribution is -2.28. The van der Waals surface area contributed by atoms with Crippen LogP contribution >= 0.6 is 0 Å². The maximum atomic E-state index is 13.0. The molecule has 1 aliphatic heterocycles. The Morgan fingerprint density at radius 3 is 2.81 bits per heavy atom. The van der Waals surface area contributed by atoms with E-state index in [2.05, 4.69) is 20.3 Å². The van der Waals surface area contributed by atoms with Crippen LogP contribution in [-0.2, 0) is 4.79 Å². The molecule has 3 heterocycles. The Labute approximate surface area is 179 Å². The number of nitrogens with two attached hydrogens (primary N) is 1. The predicted molar refractivity (Wildman–Crippen MR) is 120 cm³/mol. The summed E-state index contributed by atoms with van der Waals surface area (Å²) in [5.41, 5.74) is 9.25. The van der Waals surface area contributed by atoms with Crippen LogP contribution in [0.4, 0.5) is 22.9 Å². The molecule has 4 bridgehead atoms. The summed E-state index contributed by atoms with van der Waals surface area (Å²) >= 11 is 0. The van der Waals surface area contributed by atoms with Gasteiger partial charge in [0.2, 0.25) is 5.91 Å². The fraction of sp³-hybridized carbons (Fsp3) is 0.227. The number of nitrogens with one attached hydrogen (secondary N) is 1. The Morgan fingerprint density at radius 2 is 1.97 bits per heavy atom. The third-order valence-electron chi connectivity index (χ3n) is 5.26. The first-order valence-corrected chi connectivity index (χ1v) is 9.90. The van der Waals surface area contributed by atoms with Crippen LogP contribution in [-0.4, -0.2) is 47.4 Å². The van der Waals surface area contributed by atoms with Crippen LogP contribution < -0.4 is 20.9 Å². The highest BCUT2D eigenvalue weighted by Crippen LogP contribution is 2.27. The third-order valence-corrected chi connectivity index (χ3v) is 5.26. The summed E-state index contributed by atoms with van der Waals surface area (Å²) in [6.45, 7) is 0.629. The van der Waals surface area contributed by atoms with Gasteiger partial charge in [0, 0.05) is 44.5 Å². The molecule has 1 aromatic carbocycles. The first-order valence-electron chi connectivity index (χ1n) is 9.90. The zero-order valence-electron chi connectivity index (χ0n) is 17.4. The number of rotatable bonds is 0. The zero-order valence-corrected chi connectivity index (χ0v) is 17.4. The highest BCUT2D eigenvalue weighted by molar-refractivity contribution is 6.07. The molecule has 31 heavy (non-hydrogen) atoms. The number of hydrogen-bond acceptors (Lipinski definition) is 7. The normalized spacial score (nSPS) is 14.8. The molecule has 0 aliphatic carbocycles. The Balaban J connectivity index is 1.82. The monoisotopic (exact) mass is 417 g/mol. The van der Waals surface area contributed by atoms with E-state index in [9.17, 15) is 9.59 Å². The molecule has 0 unspecified atom stereocenters. The molecule has 9 heteroatoms. The minimum absolute atomic E-state index is 0.0185. The molecule has 0 radical (unpaired) electrons. The number of nitrogen functional groups attached to an aromatic ring is 1. The van der Waals surface area contributed by atoms with Gasteiger partial charge in [0.05, 0.1) is 29.5 Å². The maximum absolute atomic E-state index is 13.0. The summed E-state index contributed by atoms with van der Waals surface area (Å²) in [6.07, 6.45) is 5.79. The van der Waals surface area contributed by atoms with Gasteiger partial charge < -0.3 is 20.9 Å². The van der Waals surface area contributed by atoms with Gasteiger partial charge in [-0.3, -0.25) is 14.6 Å². The average molecular weight is 417 g/mol. The number of anilines is 4. The van der Waals surface area contributed by atoms with Crippen molar-refractivity contribution in [1.29, 1.82) is 0 Å². The zero-order chi connectivity index (χ0) is 22.0. The highest BCUT2D eigenvalue weighted by Gasteiger charge is 2.19. The van der Waals surface area contributed by atoms with Gasteiger partial charge in [-0.2, -0.15) is 0 Å². The van der Waals surface area contributed by atoms with E-state index in [1.54, 1.807) is 24.3 Å². The Morgan fingerprint density at radius 1 is 1.13 bits per heavy atom. The van der Waals surface area contributed by atoms with E-state index >= 15 is 0 Å². The van der Waals surface area contributed by atoms with Gasteiger partial charge in [0.15, 0.2) is 11.5 Å². The van der Waals surface area contributed by atoms with E-state index in [1.165, 1.54) is 6.20 Å². The molecule has 1 aliphatic rings. The lowest BCUT2D eigenvalue weighted by Gasteiger charge is -2.23. The van der Waals surface area contributed by atoms with Crippen LogP contribution in [0.15, 0.2) is 48.9 Å². The summed E-state index contributed by atoms with van der Waals surface area (Å²) in [5, 5.41) is 2.84. The summed E-state index contributed by atoms with van der Waals surface area (Å²) < 4.78 is 0. The number of aromatic nitrogens is 3. The summed E-state index contributed by atoms with van der Waals surface area (Å²) in [5.74, 6) is -0.417. The lowest BCUT2D eigenvalue weighted by molar-refractivity contribution is -0.118. The number of amides is 2. The quantitative estimate of drug-likeness (QED) is 0.577. The maximum Gasteiger partial charge on any atom is 0.278 e. The molecule has 3 aromatic rings. The third kappa shape index (κ3) is 4.16. The molecule has 2 amide bonds. The fourth-order valence-electron chi connectivity index (χ4n) is 3.48. The minimum atomic E-state index is -0.468. The Hall–Kier alpha value is -4.01. The van der Waals surface area contributed by atoms with E-state index in [0.29, 0.717) is 30.8 Å². The largest absolute Gasteiger partial charge is 0.382 e. The van der Waals surface area contributed by atoms with Crippen LogP contribution in [0.25, 0.3) is 11.3 Å². The molecule has 158 valence electrons. The number of fused-ring (bicyclic) bond motifs is 6. The van der Waals surface area contributed by atoms with E-state index in [0.717, 1.165) is 16.9 Å². The molecular formula is C22H23N7O2. The van der Waals surface area contributed by atoms with E-state index in [4.69, 9.17) is 5.73 Å². The van der Waals surface area contributed by atoms with Crippen LogP contribution in [0.1, 0.15) is 23.3 Å². The van der Waals surface area contributed by atoms with Crippen LogP contribution in [0.3, 0.4) is 0 Å². The number of nitrogens with zero attached hydrogens (tertiary/aromatic N) is 5. The van der Waals surface area contributed by atoms with Crippen LogP contribution in [0.2, 0.25) is 0 Å². The van der Waals surface area contributed by atoms with Crippen molar-refractivity contribution >= 4 is 34.7 Å². The smallest absolute Gasteiger partial charge is 0.278 e. The molecule has 0 saturated carbocycles. The molecule has 3 N–H and O–H groups in total. The number of benzene rings is 1. The van der Waals surface area contributed by atoms with Crippen molar-refractivity contribution in [3.05, 3.63) is 54.6 Å². The van der Waals surface area contributed by atoms with Gasteiger partial charge in [-0.1, -0.05) is 12.1 Å². The average Bonchev–Trinajstić information content (AvgIpc) is 2.78. The van der Waals surface area contributed by atoms with Crippen molar-refractivity contribution in [2.24, 2.45) is 0 Å². The standard InChI is InChI=1S/C22H23N7O2/c1-28-10-4-7-19(30)29(2)15-6-3-5-14(11-15)16-13-25-21(23)20(26-16)22(31)27-17-12-24-9-8-18(17)28/h3,5-6,8-9,11-13H,4,7,10H2,1-2H3,(H2,23,25)(H,27,31). The molecule has 4 rings (SSSR count). The lowest BCUT2D eigenvalue weighted by atomic mass is 10.1.